The number of hydrogen-bond acceptors (Lipinski definition) is 4. The highest BCUT2D eigenvalue weighted by atomic mass is 19.1. The predicted molar refractivity (Wildman–Crippen MR) is 82.7 cm³/mol. The minimum atomic E-state index is -0.609. The molecule has 0 saturated heterocycles. The van der Waals surface area contributed by atoms with Crippen LogP contribution in [0.5, 0.6) is 0 Å². The largest absolute Gasteiger partial charge is 0.350 e. The Balaban J connectivity index is 1.79. The van der Waals surface area contributed by atoms with E-state index in [1.54, 1.807) is 16.9 Å². The van der Waals surface area contributed by atoms with Crippen LogP contribution in [0.25, 0.3) is 11.3 Å². The van der Waals surface area contributed by atoms with Gasteiger partial charge in [-0.25, -0.2) is 18.7 Å². The van der Waals surface area contributed by atoms with Gasteiger partial charge in [0.05, 0.1) is 11.4 Å². The van der Waals surface area contributed by atoms with Gasteiger partial charge in [0.25, 0.3) is 0 Å². The lowest BCUT2D eigenvalue weighted by atomic mass is 10.2. The van der Waals surface area contributed by atoms with E-state index in [0.717, 1.165) is 23.0 Å². The molecule has 0 spiro atoms. The second-order valence-corrected chi connectivity index (χ2v) is 5.20. The summed E-state index contributed by atoms with van der Waals surface area (Å²) in [6.45, 7) is 2.13. The molecule has 0 aliphatic rings. The molecule has 5 nitrogen and oxygen atoms in total. The number of halogens is 2. The Morgan fingerprint density at radius 2 is 1.91 bits per heavy atom. The van der Waals surface area contributed by atoms with E-state index < -0.39 is 11.6 Å². The summed E-state index contributed by atoms with van der Waals surface area (Å²) >= 11 is 0. The maximum atomic E-state index is 13.2. The third-order valence-corrected chi connectivity index (χ3v) is 3.32. The number of hydrogen-bond donors (Lipinski definition) is 1. The second kappa shape index (κ2) is 6.12. The van der Waals surface area contributed by atoms with Crippen LogP contribution in [-0.2, 0) is 13.6 Å². The molecule has 2 aromatic heterocycles. The molecule has 0 saturated carbocycles. The molecule has 0 aliphatic carbocycles. The van der Waals surface area contributed by atoms with Crippen molar-refractivity contribution in [3.8, 4) is 11.3 Å². The molecule has 23 heavy (non-hydrogen) atoms. The van der Waals surface area contributed by atoms with Gasteiger partial charge >= 0.3 is 0 Å². The van der Waals surface area contributed by atoms with E-state index in [2.05, 4.69) is 20.4 Å². The number of anilines is 1. The van der Waals surface area contributed by atoms with Gasteiger partial charge in [-0.2, -0.15) is 5.10 Å². The molecule has 1 aromatic carbocycles. The molecular weight excluding hydrogens is 300 g/mol. The van der Waals surface area contributed by atoms with E-state index in [4.69, 9.17) is 0 Å². The maximum Gasteiger partial charge on any atom is 0.223 e. The Hall–Kier alpha value is -2.83. The average Bonchev–Trinajstić information content (AvgIpc) is 2.83. The van der Waals surface area contributed by atoms with E-state index >= 15 is 0 Å². The molecule has 118 valence electrons. The zero-order chi connectivity index (χ0) is 16.4. The molecule has 2 heterocycles. The SMILES string of the molecule is Cc1nn(C)cc1-c1ccnc(NCc2cc(F)cc(F)c2)n1. The smallest absolute Gasteiger partial charge is 0.223 e. The van der Waals surface area contributed by atoms with Gasteiger partial charge < -0.3 is 5.32 Å². The Morgan fingerprint density at radius 1 is 1.17 bits per heavy atom. The van der Waals surface area contributed by atoms with Crippen LogP contribution < -0.4 is 5.32 Å². The van der Waals surface area contributed by atoms with Crippen molar-refractivity contribution in [2.75, 3.05) is 5.32 Å². The van der Waals surface area contributed by atoms with Crippen molar-refractivity contribution < 1.29 is 8.78 Å². The standard InChI is InChI=1S/C16H15F2N5/c1-10-14(9-23(2)22-10)15-3-4-19-16(21-15)20-8-11-5-12(17)7-13(18)6-11/h3-7,9H,8H2,1-2H3,(H,19,20,21). The van der Waals surface area contributed by atoms with Crippen molar-refractivity contribution in [1.29, 1.82) is 0 Å². The molecule has 0 aliphatic heterocycles. The Kier molecular flexibility index (Phi) is 4.01. The molecule has 0 amide bonds. The molecule has 3 rings (SSSR count). The molecule has 0 atom stereocenters. The normalized spacial score (nSPS) is 10.8. The molecule has 0 fully saturated rings. The topological polar surface area (TPSA) is 55.6 Å². The average molecular weight is 315 g/mol. The van der Waals surface area contributed by atoms with Gasteiger partial charge in [-0.15, -0.1) is 0 Å². The molecule has 0 bridgehead atoms. The zero-order valence-electron chi connectivity index (χ0n) is 12.7. The van der Waals surface area contributed by atoms with Gasteiger partial charge in [0.15, 0.2) is 0 Å². The molecule has 0 unspecified atom stereocenters. The van der Waals surface area contributed by atoms with E-state index in [0.29, 0.717) is 11.5 Å². The van der Waals surface area contributed by atoms with Gasteiger partial charge in [0.1, 0.15) is 11.6 Å². The third kappa shape index (κ3) is 3.50. The maximum absolute atomic E-state index is 13.2. The van der Waals surface area contributed by atoms with Gasteiger partial charge in [0.2, 0.25) is 5.95 Å². The van der Waals surface area contributed by atoms with Crippen LogP contribution in [0.2, 0.25) is 0 Å². The Morgan fingerprint density at radius 3 is 2.57 bits per heavy atom. The summed E-state index contributed by atoms with van der Waals surface area (Å²) in [5.41, 5.74) is 2.99. The Bertz CT molecular complexity index is 824. The highest BCUT2D eigenvalue weighted by molar-refractivity contribution is 5.61. The highest BCUT2D eigenvalue weighted by Crippen LogP contribution is 2.20. The number of rotatable bonds is 4. The fourth-order valence-corrected chi connectivity index (χ4v) is 2.34. The first kappa shape index (κ1) is 15.1. The zero-order valence-corrected chi connectivity index (χ0v) is 12.7. The van der Waals surface area contributed by atoms with Gasteiger partial charge in [-0.1, -0.05) is 0 Å². The van der Waals surface area contributed by atoms with Crippen molar-refractivity contribution in [3.63, 3.8) is 0 Å². The number of nitrogens with zero attached hydrogens (tertiary/aromatic N) is 4. The molecular formula is C16H15F2N5. The van der Waals surface area contributed by atoms with Crippen LogP contribution in [-0.4, -0.2) is 19.7 Å². The lowest BCUT2D eigenvalue weighted by molar-refractivity contribution is 0.580. The minimum Gasteiger partial charge on any atom is -0.350 e. The van der Waals surface area contributed by atoms with E-state index in [9.17, 15) is 8.78 Å². The summed E-state index contributed by atoms with van der Waals surface area (Å²) in [5.74, 6) is -0.833. The van der Waals surface area contributed by atoms with E-state index in [1.165, 1.54) is 12.1 Å². The second-order valence-electron chi connectivity index (χ2n) is 5.20. The van der Waals surface area contributed by atoms with Crippen LogP contribution in [0.1, 0.15) is 11.3 Å². The van der Waals surface area contributed by atoms with Gasteiger partial charge in [0, 0.05) is 37.6 Å². The van der Waals surface area contributed by atoms with Crippen molar-refractivity contribution >= 4 is 5.95 Å². The first-order valence-corrected chi connectivity index (χ1v) is 7.04. The third-order valence-electron chi connectivity index (χ3n) is 3.32. The summed E-state index contributed by atoms with van der Waals surface area (Å²) in [5, 5.41) is 7.25. The summed E-state index contributed by atoms with van der Waals surface area (Å²) in [6, 6.07) is 5.17. The predicted octanol–water partition coefficient (Wildman–Crippen LogP) is 3.08. The first-order chi connectivity index (χ1) is 11.0. The van der Waals surface area contributed by atoms with Crippen molar-refractivity contribution in [2.45, 2.75) is 13.5 Å². The summed E-state index contributed by atoms with van der Waals surface area (Å²) in [7, 11) is 1.84. The lowest BCUT2D eigenvalue weighted by Crippen LogP contribution is -2.04. The van der Waals surface area contributed by atoms with Crippen LogP contribution in [0, 0.1) is 18.6 Å². The highest BCUT2D eigenvalue weighted by Gasteiger charge is 2.09. The number of nitrogens with one attached hydrogen (secondary N) is 1. The van der Waals surface area contributed by atoms with E-state index in [1.807, 2.05) is 20.2 Å². The Labute approximate surface area is 132 Å². The lowest BCUT2D eigenvalue weighted by Gasteiger charge is -2.07. The van der Waals surface area contributed by atoms with Crippen LogP contribution in [0.4, 0.5) is 14.7 Å². The fourth-order valence-electron chi connectivity index (χ4n) is 2.34. The van der Waals surface area contributed by atoms with Crippen molar-refractivity contribution in [2.24, 2.45) is 7.05 Å². The monoisotopic (exact) mass is 315 g/mol. The van der Waals surface area contributed by atoms with Crippen LogP contribution in [0.15, 0.2) is 36.7 Å². The summed E-state index contributed by atoms with van der Waals surface area (Å²) in [4.78, 5) is 8.54. The number of benzene rings is 1. The molecule has 7 heteroatoms. The fraction of sp³-hybridized carbons (Fsp3) is 0.188. The van der Waals surface area contributed by atoms with Crippen molar-refractivity contribution in [3.05, 3.63) is 59.6 Å². The number of aryl methyl sites for hydroxylation is 2. The van der Waals surface area contributed by atoms with Crippen LogP contribution >= 0.6 is 0 Å². The summed E-state index contributed by atoms with van der Waals surface area (Å²) in [6.07, 6.45) is 3.51. The quantitative estimate of drug-likeness (QED) is 0.804. The van der Waals surface area contributed by atoms with Crippen molar-refractivity contribution in [1.82, 2.24) is 19.7 Å². The number of aromatic nitrogens is 4. The minimum absolute atomic E-state index is 0.226. The van der Waals surface area contributed by atoms with Crippen LogP contribution in [0.3, 0.4) is 0 Å². The van der Waals surface area contributed by atoms with E-state index in [-0.39, 0.29) is 6.54 Å². The molecule has 1 N–H and O–H groups in total. The summed E-state index contributed by atoms with van der Waals surface area (Å²) < 4.78 is 28.1. The van der Waals surface area contributed by atoms with Gasteiger partial charge in [-0.05, 0) is 30.7 Å². The van der Waals surface area contributed by atoms with Gasteiger partial charge in [-0.3, -0.25) is 4.68 Å². The molecule has 3 aromatic rings. The first-order valence-electron chi connectivity index (χ1n) is 7.04. The molecule has 0 radical (unpaired) electrons.